The van der Waals surface area contributed by atoms with Gasteiger partial charge in [0.2, 0.25) is 0 Å². The van der Waals surface area contributed by atoms with Crippen LogP contribution in [0.25, 0.3) is 0 Å². The summed E-state index contributed by atoms with van der Waals surface area (Å²) in [7, 11) is 0. The molecule has 0 heterocycles. The van der Waals surface area contributed by atoms with E-state index in [2.05, 4.69) is 5.32 Å². The van der Waals surface area contributed by atoms with E-state index in [4.69, 9.17) is 17.3 Å². The number of nitrogens with one attached hydrogen (secondary N) is 1. The molecule has 8 heteroatoms. The molecule has 0 aliphatic heterocycles. The maximum absolute atomic E-state index is 12.1. The predicted molar refractivity (Wildman–Crippen MR) is 85.1 cm³/mol. The van der Waals surface area contributed by atoms with Crippen molar-refractivity contribution in [3.63, 3.8) is 0 Å². The second-order valence-corrected chi connectivity index (χ2v) is 5.43. The van der Waals surface area contributed by atoms with Gasteiger partial charge < -0.3 is 11.1 Å². The average molecular weight is 336 g/mol. The Morgan fingerprint density at radius 2 is 2.05 bits per heavy atom. The average Bonchev–Trinajstić information content (AvgIpc) is 2.36. The monoisotopic (exact) mass is 335 g/mol. The summed E-state index contributed by atoms with van der Waals surface area (Å²) in [5.74, 6) is -0.0238. The number of halogens is 2. The van der Waals surface area contributed by atoms with Crippen LogP contribution in [-0.4, -0.2) is 23.4 Å². The molecule has 0 radical (unpaired) electrons. The summed E-state index contributed by atoms with van der Waals surface area (Å²) in [5.41, 5.74) is 5.55. The number of carbonyl (C=O) groups is 1. The Labute approximate surface area is 134 Å². The molecule has 0 bridgehead atoms. The van der Waals surface area contributed by atoms with E-state index < -0.39 is 10.8 Å². The zero-order valence-corrected chi connectivity index (χ0v) is 13.4. The maximum Gasteiger partial charge on any atom is 0.271 e. The first-order valence-electron chi connectivity index (χ1n) is 6.29. The number of non-ortho nitro benzene ring substituents is 1. The number of hydrogen-bond acceptors (Lipinski definition) is 4. The Balaban J connectivity index is 0.00000400. The molecule has 0 aliphatic rings. The molecule has 0 fully saturated rings. The highest BCUT2D eigenvalue weighted by Gasteiger charge is 2.17. The molecule has 3 N–H and O–H groups in total. The first kappa shape index (κ1) is 19.6. The number of benzene rings is 1. The predicted octanol–water partition coefficient (Wildman–Crippen LogP) is 2.77. The molecule has 0 aromatic heterocycles. The van der Waals surface area contributed by atoms with Crippen LogP contribution in [0.15, 0.2) is 18.2 Å². The molecule has 118 valence electrons. The van der Waals surface area contributed by atoms with Gasteiger partial charge in [0.15, 0.2) is 0 Å². The minimum Gasteiger partial charge on any atom is -0.348 e. The lowest BCUT2D eigenvalue weighted by Gasteiger charge is -2.18. The topological polar surface area (TPSA) is 98.3 Å². The third kappa shape index (κ3) is 6.29. The van der Waals surface area contributed by atoms with Crippen LogP contribution in [0, 0.1) is 16.0 Å². The lowest BCUT2D eigenvalue weighted by molar-refractivity contribution is -0.384. The van der Waals surface area contributed by atoms with E-state index in [0.717, 1.165) is 6.42 Å². The summed E-state index contributed by atoms with van der Waals surface area (Å²) in [6, 6.07) is 3.63. The second-order valence-electron chi connectivity index (χ2n) is 4.99. The molecular weight excluding hydrogens is 317 g/mol. The molecule has 0 saturated carbocycles. The van der Waals surface area contributed by atoms with Crippen molar-refractivity contribution < 1.29 is 9.72 Å². The van der Waals surface area contributed by atoms with Crippen molar-refractivity contribution in [2.24, 2.45) is 11.7 Å². The zero-order chi connectivity index (χ0) is 15.3. The van der Waals surface area contributed by atoms with Crippen molar-refractivity contribution in [2.75, 3.05) is 6.54 Å². The quantitative estimate of drug-likeness (QED) is 0.616. The molecule has 0 aliphatic carbocycles. The van der Waals surface area contributed by atoms with Crippen LogP contribution in [0.2, 0.25) is 5.02 Å². The van der Waals surface area contributed by atoms with Gasteiger partial charge in [0, 0.05) is 35.3 Å². The summed E-state index contributed by atoms with van der Waals surface area (Å²) in [5, 5.41) is 13.7. The standard InChI is InChI=1S/C13H18ClN3O3.ClH/c1-8(2)3-11(7-15)16-13(18)9-4-10(14)6-12(5-9)17(19)20;/h4-6,8,11H,3,7,15H2,1-2H3,(H,16,18);1H. The highest BCUT2D eigenvalue weighted by molar-refractivity contribution is 6.31. The molecule has 0 spiro atoms. The van der Waals surface area contributed by atoms with Crippen LogP contribution < -0.4 is 11.1 Å². The number of amides is 1. The van der Waals surface area contributed by atoms with Gasteiger partial charge >= 0.3 is 0 Å². The Kier molecular flexibility index (Phi) is 8.24. The van der Waals surface area contributed by atoms with Gasteiger partial charge in [-0.2, -0.15) is 0 Å². The third-order valence-corrected chi connectivity index (χ3v) is 2.95. The van der Waals surface area contributed by atoms with Crippen LogP contribution in [0.1, 0.15) is 30.6 Å². The maximum atomic E-state index is 12.1. The Morgan fingerprint density at radius 1 is 1.43 bits per heavy atom. The van der Waals surface area contributed by atoms with E-state index in [-0.39, 0.29) is 34.7 Å². The van der Waals surface area contributed by atoms with Gasteiger partial charge in [0.1, 0.15) is 0 Å². The SMILES string of the molecule is CC(C)CC(CN)NC(=O)c1cc(Cl)cc([N+](=O)[O-])c1.Cl. The molecule has 21 heavy (non-hydrogen) atoms. The highest BCUT2D eigenvalue weighted by Crippen LogP contribution is 2.21. The van der Waals surface area contributed by atoms with Crippen molar-refractivity contribution in [3.05, 3.63) is 38.9 Å². The molecular formula is C13H19Cl2N3O3. The highest BCUT2D eigenvalue weighted by atomic mass is 35.5. The minimum absolute atomic E-state index is 0. The number of nitro benzene ring substituents is 1. The number of hydrogen-bond donors (Lipinski definition) is 2. The van der Waals surface area contributed by atoms with Gasteiger partial charge in [-0.05, 0) is 18.4 Å². The summed E-state index contributed by atoms with van der Waals surface area (Å²) in [4.78, 5) is 22.2. The van der Waals surface area contributed by atoms with Crippen molar-refractivity contribution in [3.8, 4) is 0 Å². The van der Waals surface area contributed by atoms with Crippen molar-refractivity contribution >= 4 is 35.6 Å². The van der Waals surface area contributed by atoms with Crippen LogP contribution in [0.4, 0.5) is 5.69 Å². The fourth-order valence-corrected chi connectivity index (χ4v) is 2.09. The molecule has 6 nitrogen and oxygen atoms in total. The van der Waals surface area contributed by atoms with Crippen LogP contribution in [-0.2, 0) is 0 Å². The van der Waals surface area contributed by atoms with E-state index in [1.165, 1.54) is 18.2 Å². The number of carbonyl (C=O) groups excluding carboxylic acids is 1. The summed E-state index contributed by atoms with van der Waals surface area (Å²) >= 11 is 5.78. The van der Waals surface area contributed by atoms with Crippen molar-refractivity contribution in [2.45, 2.75) is 26.3 Å². The van der Waals surface area contributed by atoms with Gasteiger partial charge in [0.25, 0.3) is 11.6 Å². The van der Waals surface area contributed by atoms with E-state index >= 15 is 0 Å². The fourth-order valence-electron chi connectivity index (χ4n) is 1.86. The number of nitrogens with two attached hydrogens (primary N) is 1. The van der Waals surface area contributed by atoms with Gasteiger partial charge in [-0.3, -0.25) is 14.9 Å². The lowest BCUT2D eigenvalue weighted by atomic mass is 10.0. The molecule has 1 rings (SSSR count). The van der Waals surface area contributed by atoms with E-state index in [9.17, 15) is 14.9 Å². The second kappa shape index (κ2) is 8.81. The first-order valence-corrected chi connectivity index (χ1v) is 6.67. The molecule has 1 aromatic rings. The van der Waals surface area contributed by atoms with Crippen LogP contribution in [0.5, 0.6) is 0 Å². The Bertz CT molecular complexity index is 509. The number of nitro groups is 1. The van der Waals surface area contributed by atoms with Gasteiger partial charge in [-0.15, -0.1) is 12.4 Å². The Hall–Kier alpha value is -1.37. The zero-order valence-electron chi connectivity index (χ0n) is 11.8. The fraction of sp³-hybridized carbons (Fsp3) is 0.462. The van der Waals surface area contributed by atoms with Crippen LogP contribution in [0.3, 0.4) is 0 Å². The number of nitrogens with zero attached hydrogens (tertiary/aromatic N) is 1. The van der Waals surface area contributed by atoms with Gasteiger partial charge in [-0.1, -0.05) is 25.4 Å². The summed E-state index contributed by atoms with van der Waals surface area (Å²) < 4.78 is 0. The first-order chi connectivity index (χ1) is 9.33. The van der Waals surface area contributed by atoms with Gasteiger partial charge in [0.05, 0.1) is 4.92 Å². The smallest absolute Gasteiger partial charge is 0.271 e. The van der Waals surface area contributed by atoms with Crippen molar-refractivity contribution in [1.82, 2.24) is 5.32 Å². The largest absolute Gasteiger partial charge is 0.348 e. The molecule has 1 aromatic carbocycles. The van der Waals surface area contributed by atoms with Crippen molar-refractivity contribution in [1.29, 1.82) is 0 Å². The molecule has 1 unspecified atom stereocenters. The molecule has 0 saturated heterocycles. The summed E-state index contributed by atoms with van der Waals surface area (Å²) in [6.07, 6.45) is 0.741. The lowest BCUT2D eigenvalue weighted by Crippen LogP contribution is -2.41. The van der Waals surface area contributed by atoms with E-state index in [1.807, 2.05) is 13.8 Å². The Morgan fingerprint density at radius 3 is 2.52 bits per heavy atom. The summed E-state index contributed by atoms with van der Waals surface area (Å²) in [6.45, 7) is 4.37. The van der Waals surface area contributed by atoms with Gasteiger partial charge in [-0.25, -0.2) is 0 Å². The molecule has 1 atom stereocenters. The van der Waals surface area contributed by atoms with Crippen LogP contribution >= 0.6 is 24.0 Å². The minimum atomic E-state index is -0.586. The van der Waals surface area contributed by atoms with E-state index in [1.54, 1.807) is 0 Å². The number of rotatable bonds is 6. The normalized spacial score (nSPS) is 11.7. The molecule has 1 amide bonds. The third-order valence-electron chi connectivity index (χ3n) is 2.73. The van der Waals surface area contributed by atoms with E-state index in [0.29, 0.717) is 12.5 Å².